The molecule has 0 atom stereocenters. The van der Waals surface area contributed by atoms with Crippen LogP contribution in [0.3, 0.4) is 0 Å². The molecule has 0 N–H and O–H groups in total. The van der Waals surface area contributed by atoms with Gasteiger partial charge in [0, 0.05) is 0 Å². The van der Waals surface area contributed by atoms with E-state index in [1.54, 1.807) is 6.08 Å². The van der Waals surface area contributed by atoms with Gasteiger partial charge in [0.1, 0.15) is 0 Å². The van der Waals surface area contributed by atoms with Crippen LogP contribution >= 0.6 is 0 Å². The lowest BCUT2D eigenvalue weighted by atomic mass is 10.3. The van der Waals surface area contributed by atoms with Crippen molar-refractivity contribution in [3.8, 4) is 0 Å². The molecular formula is C34H58. The fourth-order valence-electron chi connectivity index (χ4n) is 1.47. The molecule has 0 aliphatic carbocycles. The van der Waals surface area contributed by atoms with Gasteiger partial charge in [-0.25, -0.2) is 0 Å². The molecule has 0 radical (unpaired) electrons. The van der Waals surface area contributed by atoms with E-state index in [9.17, 15) is 0 Å². The molecule has 0 aromatic carbocycles. The fourth-order valence-corrected chi connectivity index (χ4v) is 1.47. The Morgan fingerprint density at radius 1 is 0.471 bits per heavy atom. The molecule has 0 aliphatic heterocycles. The molecule has 0 bridgehead atoms. The second-order valence-corrected chi connectivity index (χ2v) is 7.34. The number of hydrogen-bond acceptors (Lipinski definition) is 0. The van der Waals surface area contributed by atoms with E-state index in [1.807, 2.05) is 82.4 Å². The van der Waals surface area contributed by atoms with Crippen LogP contribution in [0, 0.1) is 0 Å². The summed E-state index contributed by atoms with van der Waals surface area (Å²) in [4.78, 5) is 0. The minimum atomic E-state index is 1.10. The van der Waals surface area contributed by atoms with E-state index >= 15 is 0 Å². The van der Waals surface area contributed by atoms with Gasteiger partial charge in [-0.2, -0.15) is 0 Å². The topological polar surface area (TPSA) is 0 Å². The van der Waals surface area contributed by atoms with Crippen molar-refractivity contribution >= 4 is 0 Å². The highest BCUT2D eigenvalue weighted by molar-refractivity contribution is 5.08. The van der Waals surface area contributed by atoms with Crippen LogP contribution < -0.4 is 0 Å². The molecule has 0 saturated heterocycles. The predicted octanol–water partition coefficient (Wildman–Crippen LogP) is 12.3. The Kier molecular flexibility index (Phi) is 58.8. The van der Waals surface area contributed by atoms with Crippen molar-refractivity contribution in [3.05, 3.63) is 121 Å². The molecule has 194 valence electrons. The van der Waals surface area contributed by atoms with Crippen LogP contribution in [0.15, 0.2) is 121 Å². The van der Waals surface area contributed by atoms with Crippen molar-refractivity contribution in [1.82, 2.24) is 0 Å². The Balaban J connectivity index is -0.000000104. The highest BCUT2D eigenvalue weighted by Crippen LogP contribution is 1.89. The molecule has 34 heavy (non-hydrogen) atoms. The fraction of sp³-hybridized carbons (Fsp3) is 0.412. The Morgan fingerprint density at radius 2 is 0.794 bits per heavy atom. The Labute approximate surface area is 216 Å². The number of allylic oxidation sites excluding steroid dienone is 19. The lowest BCUT2D eigenvalue weighted by molar-refractivity contribution is 1.22. The summed E-state index contributed by atoms with van der Waals surface area (Å²) in [5, 5.41) is 0. The van der Waals surface area contributed by atoms with Crippen LogP contribution in [-0.2, 0) is 0 Å². The summed E-state index contributed by atoms with van der Waals surface area (Å²) >= 11 is 0. The minimum absolute atomic E-state index is 1.10. The third-order valence-corrected chi connectivity index (χ3v) is 3.10. The lowest BCUT2D eigenvalue weighted by Gasteiger charge is -1.80. The van der Waals surface area contributed by atoms with Crippen molar-refractivity contribution in [2.45, 2.75) is 95.4 Å². The van der Waals surface area contributed by atoms with Crippen molar-refractivity contribution in [3.63, 3.8) is 0 Å². The van der Waals surface area contributed by atoms with Crippen molar-refractivity contribution < 1.29 is 0 Å². The molecule has 0 heteroatoms. The van der Waals surface area contributed by atoms with Gasteiger partial charge in [-0.05, 0) is 74.7 Å². The molecule has 0 fully saturated rings. The van der Waals surface area contributed by atoms with E-state index in [0.717, 1.165) is 19.3 Å². The summed E-state index contributed by atoms with van der Waals surface area (Å²) in [7, 11) is 0. The quantitative estimate of drug-likeness (QED) is 0.312. The van der Waals surface area contributed by atoms with E-state index in [0.29, 0.717) is 0 Å². The lowest BCUT2D eigenvalue weighted by Crippen LogP contribution is -1.58. The van der Waals surface area contributed by atoms with Gasteiger partial charge < -0.3 is 0 Å². The van der Waals surface area contributed by atoms with Crippen LogP contribution in [0.2, 0.25) is 0 Å². The predicted molar refractivity (Wildman–Crippen MR) is 167 cm³/mol. The largest absolute Gasteiger partial charge is 0.0991 e. The standard InChI is InChI=1S/C8H14.2C7H12.2C6H10/c1-4-5-6-7-8(2)3;1-4-5-6-7(2)3;1-3-5-7-6-4-2;2*1-3-5-6-4-2/h5-7H,4H2,1-3H3;4-6H,1-3H3;3,5-7H,4H2,1-2H3;3-6H,1-2H3;3,5-6H,1,4H2,2H3. The average Bonchev–Trinajstić information content (AvgIpc) is 2.82. The van der Waals surface area contributed by atoms with Gasteiger partial charge in [0.2, 0.25) is 0 Å². The maximum absolute atomic E-state index is 3.51. The van der Waals surface area contributed by atoms with E-state index in [2.05, 4.69) is 97.6 Å². The maximum Gasteiger partial charge on any atom is -0.0376 e. The molecule has 0 nitrogen and oxygen atoms in total. The summed E-state index contributed by atoms with van der Waals surface area (Å²) < 4.78 is 0. The highest BCUT2D eigenvalue weighted by Gasteiger charge is 1.68. The van der Waals surface area contributed by atoms with Crippen LogP contribution in [0.5, 0.6) is 0 Å². The average molecular weight is 467 g/mol. The first-order chi connectivity index (χ1) is 16.3. The first kappa shape index (κ1) is 41.6. The molecule has 0 unspecified atom stereocenters. The van der Waals surface area contributed by atoms with E-state index < -0.39 is 0 Å². The normalized spacial score (nSPS) is 10.4. The van der Waals surface area contributed by atoms with Crippen LogP contribution in [0.25, 0.3) is 0 Å². The minimum Gasteiger partial charge on any atom is -0.0991 e. The third-order valence-electron chi connectivity index (χ3n) is 3.10. The SMILES string of the molecule is C=CC=CCC.CC=CC=C(C)C.CC=CC=CC.CC=CC=CCC.CCC=CC=C(C)C. The second-order valence-electron chi connectivity index (χ2n) is 7.34. The van der Waals surface area contributed by atoms with Gasteiger partial charge in [-0.1, -0.05) is 142 Å². The van der Waals surface area contributed by atoms with Crippen LogP contribution in [0.4, 0.5) is 0 Å². The highest BCUT2D eigenvalue weighted by atomic mass is 13.8. The maximum atomic E-state index is 3.51. The van der Waals surface area contributed by atoms with Crippen LogP contribution in [0.1, 0.15) is 95.4 Å². The Hall–Kier alpha value is -2.60. The molecular weight excluding hydrogens is 408 g/mol. The van der Waals surface area contributed by atoms with Gasteiger partial charge in [0.15, 0.2) is 0 Å². The van der Waals surface area contributed by atoms with E-state index in [4.69, 9.17) is 0 Å². The second kappa shape index (κ2) is 48.0. The Bertz CT molecular complexity index is 605. The molecule has 0 spiro atoms. The smallest absolute Gasteiger partial charge is 0.0376 e. The molecule has 0 amide bonds. The van der Waals surface area contributed by atoms with Gasteiger partial charge >= 0.3 is 0 Å². The number of rotatable bonds is 8. The molecule has 0 aromatic rings. The van der Waals surface area contributed by atoms with Gasteiger partial charge in [-0.15, -0.1) is 0 Å². The first-order valence-electron chi connectivity index (χ1n) is 12.6. The van der Waals surface area contributed by atoms with E-state index in [1.165, 1.54) is 11.1 Å². The van der Waals surface area contributed by atoms with Crippen LogP contribution in [-0.4, -0.2) is 0 Å². The van der Waals surface area contributed by atoms with Crippen molar-refractivity contribution in [2.24, 2.45) is 0 Å². The Morgan fingerprint density at radius 3 is 1.06 bits per heavy atom. The molecule has 0 saturated carbocycles. The summed E-state index contributed by atoms with van der Waals surface area (Å²) in [6.07, 6.45) is 37.9. The van der Waals surface area contributed by atoms with Crippen molar-refractivity contribution in [2.75, 3.05) is 0 Å². The molecule has 0 heterocycles. The number of hydrogen-bond donors (Lipinski definition) is 0. The zero-order chi connectivity index (χ0) is 27.3. The summed E-state index contributed by atoms with van der Waals surface area (Å²) in [5.41, 5.74) is 2.70. The molecule has 0 rings (SSSR count). The summed E-state index contributed by atoms with van der Waals surface area (Å²) in [5.74, 6) is 0. The zero-order valence-corrected chi connectivity index (χ0v) is 24.6. The molecule has 0 aromatic heterocycles. The summed E-state index contributed by atoms with van der Waals surface area (Å²) in [6.45, 7) is 26.3. The van der Waals surface area contributed by atoms with Crippen molar-refractivity contribution in [1.29, 1.82) is 0 Å². The monoisotopic (exact) mass is 466 g/mol. The van der Waals surface area contributed by atoms with E-state index in [-0.39, 0.29) is 0 Å². The van der Waals surface area contributed by atoms with Gasteiger partial charge in [0.25, 0.3) is 0 Å². The third kappa shape index (κ3) is 88.2. The van der Waals surface area contributed by atoms with Gasteiger partial charge in [-0.3, -0.25) is 0 Å². The zero-order valence-electron chi connectivity index (χ0n) is 24.6. The summed E-state index contributed by atoms with van der Waals surface area (Å²) in [6, 6.07) is 0. The molecule has 0 aliphatic rings. The van der Waals surface area contributed by atoms with Gasteiger partial charge in [0.05, 0.1) is 0 Å². The first-order valence-corrected chi connectivity index (χ1v) is 12.6.